The Morgan fingerprint density at radius 1 is 0.923 bits per heavy atom. The number of carbonyl (C=O) groups excluding carboxylic acids is 4. The van der Waals surface area contributed by atoms with Crippen molar-refractivity contribution in [3.05, 3.63) is 0 Å². The molecule has 0 spiro atoms. The van der Waals surface area contributed by atoms with Crippen LogP contribution in [0.25, 0.3) is 0 Å². The molecule has 0 aromatic heterocycles. The van der Waals surface area contributed by atoms with Crippen molar-refractivity contribution in [2.24, 2.45) is 5.92 Å². The molecule has 0 aromatic carbocycles. The van der Waals surface area contributed by atoms with Crippen LogP contribution in [0.1, 0.15) is 55.4 Å². The van der Waals surface area contributed by atoms with Crippen LogP contribution in [-0.2, 0) is 23.9 Å². The molecule has 1 fully saturated rings. The molecule has 1 aliphatic rings. The number of rotatable bonds is 5. The molecule has 148 valence electrons. The number of imide groups is 1. The third kappa shape index (κ3) is 4.16. The molecule has 0 N–H and O–H groups in total. The van der Waals surface area contributed by atoms with E-state index in [9.17, 15) is 19.2 Å². The van der Waals surface area contributed by atoms with E-state index in [0.29, 0.717) is 0 Å². The van der Waals surface area contributed by atoms with Gasteiger partial charge < -0.3 is 14.4 Å². The fraction of sp³-hybridized carbons (Fsp3) is 0.778. The van der Waals surface area contributed by atoms with Crippen LogP contribution in [0.5, 0.6) is 0 Å². The summed E-state index contributed by atoms with van der Waals surface area (Å²) in [7, 11) is 0. The lowest BCUT2D eigenvalue weighted by molar-refractivity contribution is -0.167. The zero-order chi connectivity index (χ0) is 20.4. The predicted molar refractivity (Wildman–Crippen MR) is 94.1 cm³/mol. The maximum absolute atomic E-state index is 13.1. The van der Waals surface area contributed by atoms with Crippen molar-refractivity contribution >= 4 is 23.9 Å². The van der Waals surface area contributed by atoms with E-state index in [0.717, 1.165) is 4.90 Å². The highest BCUT2D eigenvalue weighted by Gasteiger charge is 2.59. The number of carbonyl (C=O) groups is 4. The van der Waals surface area contributed by atoms with Crippen LogP contribution in [0, 0.1) is 5.92 Å². The molecule has 1 heterocycles. The second kappa shape index (κ2) is 7.63. The minimum Gasteiger partial charge on any atom is -0.465 e. The van der Waals surface area contributed by atoms with Gasteiger partial charge in [-0.25, -0.2) is 4.79 Å². The Kier molecular flexibility index (Phi) is 6.44. The lowest BCUT2D eigenvalue weighted by Crippen LogP contribution is -2.55. The highest BCUT2D eigenvalue weighted by Crippen LogP contribution is 2.35. The first kappa shape index (κ1) is 21.9. The summed E-state index contributed by atoms with van der Waals surface area (Å²) in [5, 5.41) is 0. The van der Waals surface area contributed by atoms with Gasteiger partial charge in [0, 0.05) is 11.1 Å². The normalized spacial score (nSPS) is 18.6. The number of nitrogens with zero attached hydrogens (tertiary/aromatic N) is 2. The third-order valence-electron chi connectivity index (χ3n) is 3.94. The monoisotopic (exact) mass is 370 g/mol. The molecule has 8 heteroatoms. The summed E-state index contributed by atoms with van der Waals surface area (Å²) in [6.07, 6.45) is 0. The van der Waals surface area contributed by atoms with Crippen molar-refractivity contribution in [2.45, 2.75) is 72.5 Å². The third-order valence-corrected chi connectivity index (χ3v) is 3.94. The smallest absolute Gasteiger partial charge is 0.328 e. The van der Waals surface area contributed by atoms with E-state index < -0.39 is 46.9 Å². The Morgan fingerprint density at radius 2 is 1.35 bits per heavy atom. The molecular weight excluding hydrogens is 340 g/mol. The number of hydrogen-bond acceptors (Lipinski definition) is 6. The molecule has 1 aliphatic heterocycles. The summed E-state index contributed by atoms with van der Waals surface area (Å²) in [5.74, 6) is -3.88. The molecule has 1 saturated heterocycles. The van der Waals surface area contributed by atoms with Crippen LogP contribution in [-0.4, -0.2) is 64.0 Å². The van der Waals surface area contributed by atoms with Gasteiger partial charge in [-0.1, -0.05) is 0 Å². The topological polar surface area (TPSA) is 93.2 Å². The number of urea groups is 1. The van der Waals surface area contributed by atoms with E-state index >= 15 is 0 Å². The summed E-state index contributed by atoms with van der Waals surface area (Å²) >= 11 is 0. The molecule has 3 amide bonds. The maximum Gasteiger partial charge on any atom is 0.328 e. The SMILES string of the molecule is CCOC(=O)C(C(=O)OCC)C1C(=O)N(C(C)(C)C)C(=O)N1C(C)(C)C. The summed E-state index contributed by atoms with van der Waals surface area (Å²) in [4.78, 5) is 53.5. The van der Waals surface area contributed by atoms with Gasteiger partial charge >= 0.3 is 18.0 Å². The van der Waals surface area contributed by atoms with Gasteiger partial charge in [-0.15, -0.1) is 0 Å². The molecular formula is C18H30N2O6. The lowest BCUT2D eigenvalue weighted by Gasteiger charge is -2.37. The average Bonchev–Trinajstić information content (AvgIpc) is 2.70. The highest BCUT2D eigenvalue weighted by atomic mass is 16.6. The first-order chi connectivity index (χ1) is 11.8. The largest absolute Gasteiger partial charge is 0.465 e. The van der Waals surface area contributed by atoms with E-state index in [4.69, 9.17) is 9.47 Å². The lowest BCUT2D eigenvalue weighted by atomic mass is 9.94. The van der Waals surface area contributed by atoms with E-state index in [2.05, 4.69) is 0 Å². The van der Waals surface area contributed by atoms with Gasteiger partial charge in [0.2, 0.25) is 0 Å². The average molecular weight is 370 g/mol. The predicted octanol–water partition coefficient (Wildman–Crippen LogP) is 1.96. The molecule has 1 rings (SSSR count). The summed E-state index contributed by atoms with van der Waals surface area (Å²) in [6, 6.07) is -1.85. The number of hydrogen-bond donors (Lipinski definition) is 0. The molecule has 0 radical (unpaired) electrons. The van der Waals surface area contributed by atoms with Crippen molar-refractivity contribution in [1.29, 1.82) is 0 Å². The van der Waals surface area contributed by atoms with E-state index in [-0.39, 0.29) is 13.2 Å². The van der Waals surface area contributed by atoms with Gasteiger partial charge in [0.1, 0.15) is 6.04 Å². The molecule has 0 aliphatic carbocycles. The summed E-state index contributed by atoms with van der Waals surface area (Å²) in [6.45, 7) is 13.7. The van der Waals surface area contributed by atoms with Crippen molar-refractivity contribution < 1.29 is 28.7 Å². The molecule has 8 nitrogen and oxygen atoms in total. The molecule has 0 saturated carbocycles. The first-order valence-electron chi connectivity index (χ1n) is 8.79. The van der Waals surface area contributed by atoms with Crippen LogP contribution in [0.15, 0.2) is 0 Å². The Labute approximate surface area is 154 Å². The van der Waals surface area contributed by atoms with Crippen molar-refractivity contribution in [1.82, 2.24) is 9.80 Å². The van der Waals surface area contributed by atoms with Gasteiger partial charge in [-0.2, -0.15) is 0 Å². The van der Waals surface area contributed by atoms with Crippen LogP contribution >= 0.6 is 0 Å². The van der Waals surface area contributed by atoms with E-state index in [1.807, 2.05) is 0 Å². The quantitative estimate of drug-likeness (QED) is 0.417. The van der Waals surface area contributed by atoms with Crippen LogP contribution in [0.3, 0.4) is 0 Å². The fourth-order valence-electron chi connectivity index (χ4n) is 3.00. The van der Waals surface area contributed by atoms with Gasteiger partial charge in [0.15, 0.2) is 5.92 Å². The van der Waals surface area contributed by atoms with Crippen molar-refractivity contribution in [3.8, 4) is 0 Å². The minimum absolute atomic E-state index is 0.0437. The molecule has 1 atom stereocenters. The Morgan fingerprint density at radius 3 is 1.65 bits per heavy atom. The minimum atomic E-state index is -1.53. The number of amides is 3. The van der Waals surface area contributed by atoms with Crippen LogP contribution in [0.4, 0.5) is 4.79 Å². The Bertz CT molecular complexity index is 569. The molecule has 26 heavy (non-hydrogen) atoms. The Hall–Kier alpha value is -2.12. The van der Waals surface area contributed by atoms with E-state index in [1.165, 1.54) is 4.90 Å². The highest BCUT2D eigenvalue weighted by molar-refractivity contribution is 6.11. The van der Waals surface area contributed by atoms with Crippen LogP contribution < -0.4 is 0 Å². The second-order valence-electron chi connectivity index (χ2n) is 8.09. The fourth-order valence-corrected chi connectivity index (χ4v) is 3.00. The maximum atomic E-state index is 13.1. The van der Waals surface area contributed by atoms with Gasteiger partial charge in [-0.3, -0.25) is 19.3 Å². The van der Waals surface area contributed by atoms with Crippen LogP contribution in [0.2, 0.25) is 0 Å². The molecule has 1 unspecified atom stereocenters. The van der Waals surface area contributed by atoms with E-state index in [1.54, 1.807) is 55.4 Å². The van der Waals surface area contributed by atoms with Gasteiger partial charge in [0.25, 0.3) is 5.91 Å². The Balaban J connectivity index is 3.53. The summed E-state index contributed by atoms with van der Waals surface area (Å²) in [5.41, 5.74) is -1.60. The zero-order valence-electron chi connectivity index (χ0n) is 16.9. The van der Waals surface area contributed by atoms with Gasteiger partial charge in [0.05, 0.1) is 13.2 Å². The zero-order valence-corrected chi connectivity index (χ0v) is 16.9. The van der Waals surface area contributed by atoms with Gasteiger partial charge in [-0.05, 0) is 55.4 Å². The molecule has 0 aromatic rings. The first-order valence-corrected chi connectivity index (χ1v) is 8.79. The molecule has 0 bridgehead atoms. The van der Waals surface area contributed by atoms with Crippen molar-refractivity contribution in [2.75, 3.05) is 13.2 Å². The second-order valence-corrected chi connectivity index (χ2v) is 8.09. The summed E-state index contributed by atoms with van der Waals surface area (Å²) < 4.78 is 10.0. The van der Waals surface area contributed by atoms with Crippen molar-refractivity contribution in [3.63, 3.8) is 0 Å². The number of ether oxygens (including phenoxy) is 2. The standard InChI is InChI=1S/C18H30N2O6/c1-9-25-14(22)11(15(23)26-10-2)12-13(21)20(18(6,7)8)16(24)19(12)17(3,4)5/h11-12H,9-10H2,1-8H3. The number of esters is 2.